The molecule has 4 aliphatic rings. The molecule has 1 saturated heterocycles. The summed E-state index contributed by atoms with van der Waals surface area (Å²) in [5, 5.41) is 32.3. The molecule has 288 valence electrons. The van der Waals surface area contributed by atoms with Crippen molar-refractivity contribution in [2.75, 3.05) is 39.4 Å². The molecule has 1 unspecified atom stereocenters. The summed E-state index contributed by atoms with van der Waals surface area (Å²) in [5.41, 5.74) is 5.03. The summed E-state index contributed by atoms with van der Waals surface area (Å²) in [6, 6.07) is 10.8. The SMILES string of the molecule is C=CCOC(=O)Oc1c(C)c2c(c3c1CC1[C@@H]4c5c(cc(C)c(OC)c5O)C[C@@H]([C@H](C#N)N1[C@H]3CNC(=O)[C@H](C)NC(=S)Nc1ccccc1)N4C)OCO2. The number of piperazine rings is 1. The number of para-hydroxylation sites is 1. The number of aryl methyl sites for hydroxylation is 1. The van der Waals surface area contributed by atoms with Crippen molar-refractivity contribution in [1.29, 1.82) is 5.26 Å². The highest BCUT2D eigenvalue weighted by molar-refractivity contribution is 7.80. The molecule has 3 aromatic carbocycles. The lowest BCUT2D eigenvalue weighted by molar-refractivity contribution is -0.123. The fraction of sp³-hybridized carbons (Fsp3) is 0.400. The number of rotatable bonds is 9. The second-order valence-corrected chi connectivity index (χ2v) is 14.5. The van der Waals surface area contributed by atoms with E-state index in [1.165, 1.54) is 13.2 Å². The second kappa shape index (κ2) is 15.3. The average Bonchev–Trinajstić information content (AvgIpc) is 3.65. The predicted molar refractivity (Wildman–Crippen MR) is 207 cm³/mol. The summed E-state index contributed by atoms with van der Waals surface area (Å²) in [7, 11) is 3.49. The quantitative estimate of drug-likeness (QED) is 0.102. The molecule has 1 amide bonds. The van der Waals surface area contributed by atoms with Gasteiger partial charge in [-0.1, -0.05) is 36.9 Å². The molecule has 15 heteroatoms. The Morgan fingerprint density at radius 1 is 1.15 bits per heavy atom. The van der Waals surface area contributed by atoms with Gasteiger partial charge in [0.1, 0.15) is 24.4 Å². The first-order valence-corrected chi connectivity index (χ1v) is 18.5. The van der Waals surface area contributed by atoms with E-state index in [0.29, 0.717) is 45.9 Å². The van der Waals surface area contributed by atoms with Crippen LogP contribution in [0.2, 0.25) is 0 Å². The fourth-order valence-electron chi connectivity index (χ4n) is 8.71. The van der Waals surface area contributed by atoms with Crippen LogP contribution in [0, 0.1) is 25.2 Å². The fourth-order valence-corrected chi connectivity index (χ4v) is 9.00. The van der Waals surface area contributed by atoms with Crippen LogP contribution >= 0.6 is 12.2 Å². The van der Waals surface area contributed by atoms with Gasteiger partial charge in [-0.25, -0.2) is 4.79 Å². The minimum absolute atomic E-state index is 0.0455. The van der Waals surface area contributed by atoms with E-state index < -0.39 is 36.4 Å². The van der Waals surface area contributed by atoms with Gasteiger partial charge in [0.05, 0.1) is 25.3 Å². The predicted octanol–water partition coefficient (Wildman–Crippen LogP) is 4.71. The first kappa shape index (κ1) is 37.7. The number of hydrogen-bond acceptors (Lipinski definition) is 12. The van der Waals surface area contributed by atoms with E-state index in [1.54, 1.807) is 13.8 Å². The number of benzene rings is 3. The highest BCUT2D eigenvalue weighted by Gasteiger charge is 2.57. The average molecular weight is 769 g/mol. The van der Waals surface area contributed by atoms with Gasteiger partial charge in [-0.15, -0.1) is 0 Å². The Balaban J connectivity index is 1.32. The molecule has 6 atom stereocenters. The maximum Gasteiger partial charge on any atom is 0.514 e. The number of anilines is 1. The highest BCUT2D eigenvalue weighted by Crippen LogP contribution is 2.58. The first-order valence-electron chi connectivity index (χ1n) is 18.1. The molecular formula is C40H44N6O8S. The number of likely N-dealkylation sites (N-methyl/N-ethyl adjacent to an activating group) is 1. The van der Waals surface area contributed by atoms with Gasteiger partial charge < -0.3 is 44.7 Å². The Morgan fingerprint density at radius 3 is 2.60 bits per heavy atom. The standard InChI is InChI=1S/C40H44N6O8S/c1-7-13-51-40(49)54-35-21(3)36-37(53-19-52-36)31-25(35)16-27-32-30-23(14-20(2)34(50-6)33(30)47)15-26(45(32)5)28(17-41)46(27)29(31)18-42-38(48)22(4)43-39(55)44-24-11-9-8-10-12-24/h7-12,14,22,26-29,32,47H,1,13,15-16,18-19H2,2-6H3,(H,42,48)(H2,43,44,55)/t22-,26-,27?,28-,29-,32+/m0/s1. The zero-order chi connectivity index (χ0) is 39.1. The van der Waals surface area contributed by atoms with Crippen LogP contribution in [0.1, 0.15) is 52.4 Å². The summed E-state index contributed by atoms with van der Waals surface area (Å²) in [4.78, 5) is 31.1. The topological polar surface area (TPSA) is 167 Å². The van der Waals surface area contributed by atoms with Crippen molar-refractivity contribution in [2.24, 2.45) is 0 Å². The van der Waals surface area contributed by atoms with E-state index >= 15 is 0 Å². The lowest BCUT2D eigenvalue weighted by atomic mass is 9.71. The molecule has 4 aliphatic heterocycles. The molecule has 2 bridgehead atoms. The van der Waals surface area contributed by atoms with Crippen LogP contribution in [0.3, 0.4) is 0 Å². The number of carbonyl (C=O) groups is 2. The van der Waals surface area contributed by atoms with Crippen LogP contribution in [0.15, 0.2) is 49.1 Å². The summed E-state index contributed by atoms with van der Waals surface area (Å²) in [6.45, 7) is 8.92. The van der Waals surface area contributed by atoms with Gasteiger partial charge in [0.25, 0.3) is 0 Å². The summed E-state index contributed by atoms with van der Waals surface area (Å²) in [6.07, 6.45) is 1.30. The smallest absolute Gasteiger partial charge is 0.504 e. The van der Waals surface area contributed by atoms with E-state index in [4.69, 9.17) is 35.9 Å². The number of hydrogen-bond donors (Lipinski definition) is 4. The van der Waals surface area contributed by atoms with Gasteiger partial charge in [-0.2, -0.15) is 5.26 Å². The molecule has 3 aromatic rings. The lowest BCUT2D eigenvalue weighted by Gasteiger charge is -2.60. The molecule has 0 aliphatic carbocycles. The molecule has 55 heavy (non-hydrogen) atoms. The van der Waals surface area contributed by atoms with E-state index in [0.717, 1.165) is 16.8 Å². The zero-order valence-electron chi connectivity index (χ0n) is 31.3. The molecule has 4 N–H and O–H groups in total. The lowest BCUT2D eigenvalue weighted by Crippen LogP contribution is -2.69. The number of methoxy groups -OCH3 is 1. The number of amides is 1. The number of phenolic OH excluding ortho intramolecular Hbond substituents is 1. The number of thiocarbonyl (C=S) groups is 1. The number of nitrogens with one attached hydrogen (secondary N) is 3. The number of phenols is 1. The second-order valence-electron chi connectivity index (χ2n) is 14.1. The number of carbonyl (C=O) groups excluding carboxylic acids is 2. The third-order valence-electron chi connectivity index (χ3n) is 11.0. The van der Waals surface area contributed by atoms with Crippen LogP contribution in [0.5, 0.6) is 28.7 Å². The van der Waals surface area contributed by atoms with E-state index in [1.807, 2.05) is 50.4 Å². The Labute approximate surface area is 324 Å². The van der Waals surface area contributed by atoms with Crippen molar-refractivity contribution in [3.05, 3.63) is 82.4 Å². The highest BCUT2D eigenvalue weighted by atomic mass is 32.1. The van der Waals surface area contributed by atoms with Crippen molar-refractivity contribution < 1.29 is 38.4 Å². The molecule has 14 nitrogen and oxygen atoms in total. The molecule has 0 radical (unpaired) electrons. The van der Waals surface area contributed by atoms with Crippen LogP contribution in [0.25, 0.3) is 0 Å². The van der Waals surface area contributed by atoms with Gasteiger partial charge in [-0.3, -0.25) is 14.6 Å². The largest absolute Gasteiger partial charge is 0.514 e. The van der Waals surface area contributed by atoms with E-state index in [9.17, 15) is 20.0 Å². The summed E-state index contributed by atoms with van der Waals surface area (Å²) < 4.78 is 29.0. The maximum absolute atomic E-state index is 13.8. The number of nitriles is 1. The summed E-state index contributed by atoms with van der Waals surface area (Å²) in [5.74, 6) is 1.20. The molecular weight excluding hydrogens is 725 g/mol. The first-order chi connectivity index (χ1) is 26.5. The Kier molecular flexibility index (Phi) is 10.5. The minimum Gasteiger partial charge on any atom is -0.504 e. The summed E-state index contributed by atoms with van der Waals surface area (Å²) >= 11 is 5.50. The number of nitrogens with zero attached hydrogens (tertiary/aromatic N) is 3. The third kappa shape index (κ3) is 6.64. The van der Waals surface area contributed by atoms with Crippen molar-refractivity contribution in [2.45, 2.75) is 69.9 Å². The van der Waals surface area contributed by atoms with Crippen molar-refractivity contribution >= 4 is 35.1 Å². The Morgan fingerprint density at radius 2 is 1.89 bits per heavy atom. The van der Waals surface area contributed by atoms with E-state index in [-0.39, 0.29) is 54.9 Å². The van der Waals surface area contributed by atoms with Crippen molar-refractivity contribution in [3.8, 4) is 34.8 Å². The molecule has 1 fully saturated rings. The van der Waals surface area contributed by atoms with Gasteiger partial charge in [0.15, 0.2) is 28.1 Å². The van der Waals surface area contributed by atoms with Gasteiger partial charge in [-0.05, 0) is 76.1 Å². The molecule has 4 heterocycles. The van der Waals surface area contributed by atoms with Gasteiger partial charge >= 0.3 is 6.16 Å². The third-order valence-corrected chi connectivity index (χ3v) is 11.2. The number of aromatic hydroxyl groups is 1. The Hall–Kier alpha value is -5.56. The maximum atomic E-state index is 13.8. The number of ether oxygens (including phenoxy) is 5. The normalized spacial score (nSPS) is 22.4. The van der Waals surface area contributed by atoms with Gasteiger partial charge in [0, 0.05) is 46.6 Å². The molecule has 0 aromatic heterocycles. The van der Waals surface area contributed by atoms with Crippen LogP contribution in [0.4, 0.5) is 10.5 Å². The van der Waals surface area contributed by atoms with Crippen molar-refractivity contribution in [3.63, 3.8) is 0 Å². The van der Waals surface area contributed by atoms with Gasteiger partial charge in [0.2, 0.25) is 12.7 Å². The van der Waals surface area contributed by atoms with Crippen LogP contribution in [-0.4, -0.2) is 90.4 Å². The van der Waals surface area contributed by atoms with E-state index in [2.05, 4.69) is 38.4 Å². The Bertz CT molecular complexity index is 2090. The van der Waals surface area contributed by atoms with Crippen LogP contribution < -0.4 is 34.9 Å². The molecule has 7 rings (SSSR count). The minimum atomic E-state index is -0.923. The van der Waals surface area contributed by atoms with Crippen LogP contribution in [-0.2, 0) is 22.4 Å². The monoisotopic (exact) mass is 768 g/mol. The molecule has 0 saturated carbocycles. The van der Waals surface area contributed by atoms with Crippen molar-refractivity contribution in [1.82, 2.24) is 20.4 Å². The zero-order valence-corrected chi connectivity index (χ0v) is 32.1. The molecule has 0 spiro atoms. The number of fused-ring (bicyclic) bond motifs is 9.